The highest BCUT2D eigenvalue weighted by Gasteiger charge is 2.15. The van der Waals surface area contributed by atoms with E-state index in [9.17, 15) is 9.50 Å². The minimum absolute atomic E-state index is 0.133. The Balaban J connectivity index is 2.92. The van der Waals surface area contributed by atoms with Crippen molar-refractivity contribution in [2.45, 2.75) is 32.6 Å². The quantitative estimate of drug-likeness (QED) is 0.795. The van der Waals surface area contributed by atoms with Crippen LogP contribution in [0.25, 0.3) is 0 Å². The molecule has 0 amide bonds. The Labute approximate surface area is 88.7 Å². The molecule has 0 saturated heterocycles. The summed E-state index contributed by atoms with van der Waals surface area (Å²) in [4.78, 5) is 0. The first-order chi connectivity index (χ1) is 7.06. The third-order valence-corrected chi connectivity index (χ3v) is 2.25. The van der Waals surface area contributed by atoms with Gasteiger partial charge in [-0.25, -0.2) is 4.39 Å². The predicted molar refractivity (Wildman–Crippen MR) is 56.1 cm³/mol. The zero-order valence-electron chi connectivity index (χ0n) is 8.90. The largest absolute Gasteiger partial charge is 0.485 e. The fourth-order valence-corrected chi connectivity index (χ4v) is 1.13. The Morgan fingerprint density at radius 1 is 1.47 bits per heavy atom. The van der Waals surface area contributed by atoms with Crippen molar-refractivity contribution in [3.05, 3.63) is 29.6 Å². The van der Waals surface area contributed by atoms with Crippen LogP contribution in [-0.2, 0) is 6.54 Å². The molecule has 3 nitrogen and oxygen atoms in total. The number of aliphatic hydroxyl groups excluding tert-OH is 1. The van der Waals surface area contributed by atoms with Crippen LogP contribution in [0.15, 0.2) is 18.2 Å². The Bertz CT molecular complexity index is 328. The van der Waals surface area contributed by atoms with E-state index in [1.807, 2.05) is 0 Å². The lowest BCUT2D eigenvalue weighted by Gasteiger charge is -2.19. The second kappa shape index (κ2) is 5.09. The summed E-state index contributed by atoms with van der Waals surface area (Å²) in [5.41, 5.74) is 6.06. The number of hydrogen-bond donors (Lipinski definition) is 2. The maximum absolute atomic E-state index is 13.4. The van der Waals surface area contributed by atoms with Gasteiger partial charge in [-0.1, -0.05) is 12.1 Å². The first-order valence-corrected chi connectivity index (χ1v) is 4.88. The molecule has 0 aliphatic rings. The van der Waals surface area contributed by atoms with Gasteiger partial charge < -0.3 is 15.6 Å². The van der Waals surface area contributed by atoms with E-state index >= 15 is 0 Å². The number of para-hydroxylation sites is 1. The van der Waals surface area contributed by atoms with Gasteiger partial charge in [-0.3, -0.25) is 0 Å². The third-order valence-electron chi connectivity index (χ3n) is 2.25. The van der Waals surface area contributed by atoms with Gasteiger partial charge >= 0.3 is 0 Å². The highest BCUT2D eigenvalue weighted by atomic mass is 19.1. The van der Waals surface area contributed by atoms with E-state index in [0.29, 0.717) is 5.56 Å². The summed E-state index contributed by atoms with van der Waals surface area (Å²) in [5, 5.41) is 9.26. The van der Waals surface area contributed by atoms with E-state index in [4.69, 9.17) is 10.5 Å². The molecule has 2 unspecified atom stereocenters. The number of benzene rings is 1. The maximum atomic E-state index is 13.4. The molecular weight excluding hydrogens is 197 g/mol. The first kappa shape index (κ1) is 11.9. The molecule has 3 N–H and O–H groups in total. The van der Waals surface area contributed by atoms with Crippen LogP contribution in [-0.4, -0.2) is 17.3 Å². The molecule has 0 saturated carbocycles. The molecule has 0 fully saturated rings. The van der Waals surface area contributed by atoms with E-state index in [0.717, 1.165) is 0 Å². The molecule has 0 aromatic heterocycles. The lowest BCUT2D eigenvalue weighted by atomic mass is 10.2. The zero-order valence-corrected chi connectivity index (χ0v) is 8.90. The average molecular weight is 213 g/mol. The van der Waals surface area contributed by atoms with Gasteiger partial charge in [0.2, 0.25) is 0 Å². The molecule has 1 aromatic rings. The van der Waals surface area contributed by atoms with Crippen molar-refractivity contribution in [3.8, 4) is 5.75 Å². The monoisotopic (exact) mass is 213 g/mol. The Hall–Kier alpha value is -1.13. The molecule has 84 valence electrons. The second-order valence-corrected chi connectivity index (χ2v) is 3.50. The molecule has 0 aliphatic carbocycles. The molecule has 1 aromatic carbocycles. The Morgan fingerprint density at radius 2 is 2.13 bits per heavy atom. The third kappa shape index (κ3) is 2.91. The van der Waals surface area contributed by atoms with Gasteiger partial charge in [0.25, 0.3) is 0 Å². The van der Waals surface area contributed by atoms with E-state index < -0.39 is 18.0 Å². The van der Waals surface area contributed by atoms with E-state index in [-0.39, 0.29) is 12.3 Å². The normalized spacial score (nSPS) is 14.7. The highest BCUT2D eigenvalue weighted by Crippen LogP contribution is 2.23. The summed E-state index contributed by atoms with van der Waals surface area (Å²) in [7, 11) is 0. The van der Waals surface area contributed by atoms with Crippen LogP contribution in [0.4, 0.5) is 4.39 Å². The number of rotatable bonds is 4. The second-order valence-electron chi connectivity index (χ2n) is 3.50. The maximum Gasteiger partial charge on any atom is 0.165 e. The molecule has 0 bridgehead atoms. The van der Waals surface area contributed by atoms with E-state index in [1.165, 1.54) is 6.07 Å². The molecule has 0 aliphatic heterocycles. The first-order valence-electron chi connectivity index (χ1n) is 4.88. The number of halogens is 1. The SMILES string of the molecule is CC(O)C(C)Oc1c(F)cccc1CN. The minimum atomic E-state index is -0.657. The number of hydrogen-bond acceptors (Lipinski definition) is 3. The van der Waals surface area contributed by atoms with Crippen LogP contribution in [0.2, 0.25) is 0 Å². The molecule has 0 radical (unpaired) electrons. The van der Waals surface area contributed by atoms with Crippen molar-refractivity contribution >= 4 is 0 Å². The average Bonchev–Trinajstić information content (AvgIpc) is 2.20. The summed E-state index contributed by atoms with van der Waals surface area (Å²) < 4.78 is 18.7. The van der Waals surface area contributed by atoms with Crippen LogP contribution in [0, 0.1) is 5.82 Å². The van der Waals surface area contributed by atoms with Crippen LogP contribution < -0.4 is 10.5 Å². The van der Waals surface area contributed by atoms with Gasteiger partial charge in [-0.15, -0.1) is 0 Å². The predicted octanol–water partition coefficient (Wildman–Crippen LogP) is 1.43. The van der Waals surface area contributed by atoms with E-state index in [2.05, 4.69) is 0 Å². The summed E-state index contributed by atoms with van der Waals surface area (Å²) in [6, 6.07) is 4.59. The number of aliphatic hydroxyl groups is 1. The zero-order chi connectivity index (χ0) is 11.4. The summed E-state index contributed by atoms with van der Waals surface area (Å²) in [5.74, 6) is -0.321. The minimum Gasteiger partial charge on any atom is -0.485 e. The van der Waals surface area contributed by atoms with Crippen LogP contribution in [0.1, 0.15) is 19.4 Å². The van der Waals surface area contributed by atoms with Crippen molar-refractivity contribution in [2.75, 3.05) is 0 Å². The van der Waals surface area contributed by atoms with Gasteiger partial charge in [0.15, 0.2) is 11.6 Å². The molecule has 0 heterocycles. The molecule has 2 atom stereocenters. The molecule has 0 spiro atoms. The smallest absolute Gasteiger partial charge is 0.165 e. The lowest BCUT2D eigenvalue weighted by Crippen LogP contribution is -2.26. The fourth-order valence-electron chi connectivity index (χ4n) is 1.13. The van der Waals surface area contributed by atoms with Crippen LogP contribution in [0.5, 0.6) is 5.75 Å². The summed E-state index contributed by atoms with van der Waals surface area (Å²) in [6.07, 6.45) is -1.12. The fraction of sp³-hybridized carbons (Fsp3) is 0.455. The number of nitrogens with two attached hydrogens (primary N) is 1. The molecule has 1 rings (SSSR count). The highest BCUT2D eigenvalue weighted by molar-refractivity contribution is 5.35. The van der Waals surface area contributed by atoms with Crippen molar-refractivity contribution in [1.82, 2.24) is 0 Å². The van der Waals surface area contributed by atoms with Gasteiger partial charge in [0.05, 0.1) is 6.10 Å². The van der Waals surface area contributed by atoms with E-state index in [1.54, 1.807) is 26.0 Å². The van der Waals surface area contributed by atoms with Gasteiger partial charge in [-0.2, -0.15) is 0 Å². The van der Waals surface area contributed by atoms with Crippen LogP contribution in [0.3, 0.4) is 0 Å². The molecular formula is C11H16FNO2. The summed E-state index contributed by atoms with van der Waals surface area (Å²) in [6.45, 7) is 3.48. The molecule has 15 heavy (non-hydrogen) atoms. The van der Waals surface area contributed by atoms with Crippen molar-refractivity contribution in [1.29, 1.82) is 0 Å². The summed E-state index contributed by atoms with van der Waals surface area (Å²) >= 11 is 0. The topological polar surface area (TPSA) is 55.5 Å². The molecule has 4 heteroatoms. The Kier molecular flexibility index (Phi) is 4.05. The van der Waals surface area contributed by atoms with Gasteiger partial charge in [0.1, 0.15) is 6.10 Å². The van der Waals surface area contributed by atoms with Gasteiger partial charge in [-0.05, 0) is 19.9 Å². The lowest BCUT2D eigenvalue weighted by molar-refractivity contribution is 0.0572. The number of ether oxygens (including phenoxy) is 1. The Morgan fingerprint density at radius 3 is 2.67 bits per heavy atom. The van der Waals surface area contributed by atoms with Crippen LogP contribution >= 0.6 is 0 Å². The van der Waals surface area contributed by atoms with Gasteiger partial charge in [0, 0.05) is 12.1 Å². The standard InChI is InChI=1S/C11H16FNO2/c1-7(14)8(2)15-11-9(6-13)4-3-5-10(11)12/h3-5,7-8,14H,6,13H2,1-2H3. The van der Waals surface area contributed by atoms with Crippen molar-refractivity contribution in [2.24, 2.45) is 5.73 Å². The van der Waals surface area contributed by atoms with Crippen molar-refractivity contribution < 1.29 is 14.2 Å². The van der Waals surface area contributed by atoms with Crippen molar-refractivity contribution in [3.63, 3.8) is 0 Å².